The van der Waals surface area contributed by atoms with E-state index >= 15 is 0 Å². The molecule has 0 amide bonds. The third-order valence-corrected chi connectivity index (χ3v) is 4.09. The maximum atomic E-state index is 13.8. The van der Waals surface area contributed by atoms with E-state index in [0.29, 0.717) is 11.1 Å². The molecule has 0 N–H and O–H groups in total. The van der Waals surface area contributed by atoms with Crippen molar-refractivity contribution >= 4 is 15.6 Å². The van der Waals surface area contributed by atoms with Gasteiger partial charge in [0.15, 0.2) is 15.6 Å². The van der Waals surface area contributed by atoms with Gasteiger partial charge >= 0.3 is 0 Å². The maximum absolute atomic E-state index is 13.8. The molecule has 0 heterocycles. The third kappa shape index (κ3) is 2.93. The number of benzene rings is 2. The topological polar surface area (TPSA) is 51.2 Å². The van der Waals surface area contributed by atoms with Gasteiger partial charge in [0.2, 0.25) is 0 Å². The largest absolute Gasteiger partial charge is 0.295 e. The summed E-state index contributed by atoms with van der Waals surface area (Å²) in [4.78, 5) is 11.5. The van der Waals surface area contributed by atoms with Gasteiger partial charge in [-0.25, -0.2) is 12.8 Å². The van der Waals surface area contributed by atoms with E-state index in [1.54, 1.807) is 0 Å². The highest BCUT2D eigenvalue weighted by Crippen LogP contribution is 2.25. The van der Waals surface area contributed by atoms with Gasteiger partial charge in [-0.2, -0.15) is 0 Å². The summed E-state index contributed by atoms with van der Waals surface area (Å²) in [7, 11) is -3.28. The van der Waals surface area contributed by atoms with E-state index in [1.165, 1.54) is 49.4 Å². The molecule has 0 spiro atoms. The average molecular weight is 292 g/mol. The van der Waals surface area contributed by atoms with Crippen molar-refractivity contribution in [2.45, 2.75) is 11.8 Å². The molecule has 0 unspecified atom stereocenters. The molecule has 0 saturated carbocycles. The predicted molar refractivity (Wildman–Crippen MR) is 75.0 cm³/mol. The fourth-order valence-corrected chi connectivity index (χ4v) is 2.48. The molecular weight excluding hydrogens is 279 g/mol. The lowest BCUT2D eigenvalue weighted by molar-refractivity contribution is 0.101. The van der Waals surface area contributed by atoms with Crippen molar-refractivity contribution < 1.29 is 17.6 Å². The summed E-state index contributed by atoms with van der Waals surface area (Å²) in [6.07, 6.45) is 1.11. The Morgan fingerprint density at radius 2 is 1.65 bits per heavy atom. The Kier molecular flexibility index (Phi) is 3.72. The van der Waals surface area contributed by atoms with Crippen molar-refractivity contribution in [3.63, 3.8) is 0 Å². The third-order valence-electron chi connectivity index (χ3n) is 2.97. The summed E-state index contributed by atoms with van der Waals surface area (Å²) >= 11 is 0. The Morgan fingerprint density at radius 3 is 2.15 bits per heavy atom. The summed E-state index contributed by atoms with van der Waals surface area (Å²) in [6, 6.07) is 10.0. The molecule has 0 atom stereocenters. The summed E-state index contributed by atoms with van der Waals surface area (Å²) < 4.78 is 36.6. The first-order chi connectivity index (χ1) is 9.29. The molecule has 0 radical (unpaired) electrons. The number of sulfone groups is 1. The van der Waals surface area contributed by atoms with Crippen LogP contribution >= 0.6 is 0 Å². The van der Waals surface area contributed by atoms with E-state index in [2.05, 4.69) is 0 Å². The minimum absolute atomic E-state index is 0.154. The van der Waals surface area contributed by atoms with Crippen LogP contribution in [0.5, 0.6) is 0 Å². The van der Waals surface area contributed by atoms with Gasteiger partial charge < -0.3 is 0 Å². The van der Waals surface area contributed by atoms with Crippen LogP contribution in [0, 0.1) is 5.82 Å². The van der Waals surface area contributed by atoms with Crippen LogP contribution in [-0.4, -0.2) is 20.5 Å². The quantitative estimate of drug-likeness (QED) is 0.817. The van der Waals surface area contributed by atoms with Crippen molar-refractivity contribution in [3.05, 3.63) is 53.8 Å². The summed E-state index contributed by atoms with van der Waals surface area (Å²) in [6.45, 7) is 1.41. The minimum atomic E-state index is -3.28. The number of Topliss-reactive ketones (excluding diaryl/α,β-unsaturated/α-hetero) is 1. The van der Waals surface area contributed by atoms with E-state index in [4.69, 9.17) is 0 Å². The fraction of sp³-hybridized carbons (Fsp3) is 0.133. The van der Waals surface area contributed by atoms with Gasteiger partial charge in [0.1, 0.15) is 5.82 Å². The van der Waals surface area contributed by atoms with Crippen LogP contribution in [0.1, 0.15) is 17.3 Å². The van der Waals surface area contributed by atoms with Crippen LogP contribution in [0.3, 0.4) is 0 Å². The molecule has 20 heavy (non-hydrogen) atoms. The summed E-state index contributed by atoms with van der Waals surface area (Å²) in [5.74, 6) is -0.610. The standard InChI is InChI=1S/C15H13FO3S/c1-10(17)12-5-8-15(16)14(9-12)11-3-6-13(7-4-11)20(2,18)19/h3-9H,1-2H3. The second-order valence-electron chi connectivity index (χ2n) is 4.55. The van der Waals surface area contributed by atoms with E-state index in [0.717, 1.165) is 6.26 Å². The summed E-state index contributed by atoms with van der Waals surface area (Å²) in [5, 5.41) is 0. The van der Waals surface area contributed by atoms with Crippen molar-refractivity contribution in [1.82, 2.24) is 0 Å². The maximum Gasteiger partial charge on any atom is 0.175 e. The number of rotatable bonds is 3. The smallest absolute Gasteiger partial charge is 0.175 e. The lowest BCUT2D eigenvalue weighted by Crippen LogP contribution is -1.97. The molecular formula is C15H13FO3S. The van der Waals surface area contributed by atoms with Crippen LogP contribution in [-0.2, 0) is 9.84 Å². The molecule has 0 aliphatic rings. The van der Waals surface area contributed by atoms with Gasteiger partial charge in [0.25, 0.3) is 0 Å². The first kappa shape index (κ1) is 14.4. The Hall–Kier alpha value is -2.01. The SMILES string of the molecule is CC(=O)c1ccc(F)c(-c2ccc(S(C)(=O)=O)cc2)c1. The van der Waals surface area contributed by atoms with E-state index in [9.17, 15) is 17.6 Å². The number of carbonyl (C=O) groups is 1. The van der Waals surface area contributed by atoms with E-state index in [-0.39, 0.29) is 16.2 Å². The highest BCUT2D eigenvalue weighted by Gasteiger charge is 2.11. The Morgan fingerprint density at radius 1 is 1.05 bits per heavy atom. The lowest BCUT2D eigenvalue weighted by atomic mass is 10.0. The van der Waals surface area contributed by atoms with Gasteiger partial charge in [-0.15, -0.1) is 0 Å². The molecule has 0 aromatic heterocycles. The second-order valence-corrected chi connectivity index (χ2v) is 6.56. The van der Waals surface area contributed by atoms with Crippen LogP contribution in [0.4, 0.5) is 4.39 Å². The highest BCUT2D eigenvalue weighted by atomic mass is 32.2. The number of hydrogen-bond donors (Lipinski definition) is 0. The van der Waals surface area contributed by atoms with Crippen LogP contribution in [0.2, 0.25) is 0 Å². The van der Waals surface area contributed by atoms with Gasteiger partial charge in [-0.1, -0.05) is 12.1 Å². The molecule has 0 aliphatic heterocycles. The zero-order chi connectivity index (χ0) is 14.9. The Balaban J connectivity index is 2.51. The molecule has 0 saturated heterocycles. The van der Waals surface area contributed by atoms with Crippen LogP contribution < -0.4 is 0 Å². The first-order valence-electron chi connectivity index (χ1n) is 5.90. The number of halogens is 1. The zero-order valence-corrected chi connectivity index (χ0v) is 11.9. The zero-order valence-electron chi connectivity index (χ0n) is 11.1. The predicted octanol–water partition coefficient (Wildman–Crippen LogP) is 3.10. The molecule has 0 bridgehead atoms. The molecule has 2 aromatic rings. The normalized spacial score (nSPS) is 11.3. The molecule has 0 fully saturated rings. The first-order valence-corrected chi connectivity index (χ1v) is 7.79. The molecule has 2 aromatic carbocycles. The van der Waals surface area contributed by atoms with Gasteiger partial charge in [-0.3, -0.25) is 4.79 Å². The monoisotopic (exact) mass is 292 g/mol. The Bertz CT molecular complexity index is 762. The van der Waals surface area contributed by atoms with Crippen molar-refractivity contribution in [2.24, 2.45) is 0 Å². The van der Waals surface area contributed by atoms with E-state index in [1.807, 2.05) is 0 Å². The highest BCUT2D eigenvalue weighted by molar-refractivity contribution is 7.90. The fourth-order valence-electron chi connectivity index (χ4n) is 1.85. The molecule has 3 nitrogen and oxygen atoms in total. The average Bonchev–Trinajstić information content (AvgIpc) is 2.38. The Labute approximate surface area is 117 Å². The van der Waals surface area contributed by atoms with E-state index < -0.39 is 15.7 Å². The lowest BCUT2D eigenvalue weighted by Gasteiger charge is -2.06. The van der Waals surface area contributed by atoms with Gasteiger partial charge in [0, 0.05) is 17.4 Å². The van der Waals surface area contributed by atoms with Gasteiger partial charge in [0.05, 0.1) is 4.90 Å². The molecule has 2 rings (SSSR count). The van der Waals surface area contributed by atoms with Crippen LogP contribution in [0.25, 0.3) is 11.1 Å². The van der Waals surface area contributed by atoms with Crippen molar-refractivity contribution in [1.29, 1.82) is 0 Å². The van der Waals surface area contributed by atoms with Gasteiger partial charge in [-0.05, 0) is 42.8 Å². The second kappa shape index (κ2) is 5.17. The van der Waals surface area contributed by atoms with Crippen LogP contribution in [0.15, 0.2) is 47.4 Å². The molecule has 104 valence electrons. The minimum Gasteiger partial charge on any atom is -0.295 e. The van der Waals surface area contributed by atoms with Crippen molar-refractivity contribution in [2.75, 3.05) is 6.26 Å². The number of carbonyl (C=O) groups excluding carboxylic acids is 1. The molecule has 0 aliphatic carbocycles. The van der Waals surface area contributed by atoms with Crippen molar-refractivity contribution in [3.8, 4) is 11.1 Å². The number of hydrogen-bond acceptors (Lipinski definition) is 3. The number of ketones is 1. The molecule has 5 heteroatoms. The summed E-state index contributed by atoms with van der Waals surface area (Å²) in [5.41, 5.74) is 1.21.